The second-order valence-electron chi connectivity index (χ2n) is 4.77. The van der Waals surface area contributed by atoms with Crippen LogP contribution in [0.25, 0.3) is 0 Å². The molecule has 1 N–H and O–H groups in total. The fraction of sp³-hybridized carbons (Fsp3) is 0.375. The lowest BCUT2D eigenvalue weighted by molar-refractivity contribution is -0.135. The molecule has 0 unspecified atom stereocenters. The van der Waals surface area contributed by atoms with E-state index in [4.69, 9.17) is 4.74 Å². The third-order valence-electron chi connectivity index (χ3n) is 3.43. The van der Waals surface area contributed by atoms with E-state index in [9.17, 15) is 9.59 Å². The summed E-state index contributed by atoms with van der Waals surface area (Å²) in [6, 6.07) is 9.89. The normalized spacial score (nSPS) is 21.4. The van der Waals surface area contributed by atoms with Gasteiger partial charge in [0.1, 0.15) is 6.10 Å². The maximum Gasteiger partial charge on any atom is 0.330 e. The van der Waals surface area contributed by atoms with Crippen LogP contribution in [0.3, 0.4) is 0 Å². The van der Waals surface area contributed by atoms with Gasteiger partial charge >= 0.3 is 5.97 Å². The largest absolute Gasteiger partial charge is 0.466 e. The van der Waals surface area contributed by atoms with E-state index in [2.05, 4.69) is 10.1 Å². The molecule has 21 heavy (non-hydrogen) atoms. The van der Waals surface area contributed by atoms with Crippen LogP contribution in [-0.4, -0.2) is 38.2 Å². The zero-order chi connectivity index (χ0) is 15.1. The second-order valence-corrected chi connectivity index (χ2v) is 4.77. The molecule has 0 spiro atoms. The smallest absolute Gasteiger partial charge is 0.330 e. The summed E-state index contributed by atoms with van der Waals surface area (Å²) in [5.74, 6) is -0.518. The van der Waals surface area contributed by atoms with Gasteiger partial charge in [0.15, 0.2) is 0 Å². The topological polar surface area (TPSA) is 64.6 Å². The van der Waals surface area contributed by atoms with Crippen LogP contribution in [0.2, 0.25) is 0 Å². The molecule has 112 valence electrons. The highest BCUT2D eigenvalue weighted by Gasteiger charge is 2.34. The van der Waals surface area contributed by atoms with Crippen molar-refractivity contribution in [2.24, 2.45) is 0 Å². The maximum atomic E-state index is 12.2. The SMILES string of the molecule is COC(=O)/C=C/CNC(=O)[C@@H]1OCC[C@@H]1c1ccccc1. The molecular formula is C16H19NO4. The molecule has 1 fully saturated rings. The summed E-state index contributed by atoms with van der Waals surface area (Å²) >= 11 is 0. The average molecular weight is 289 g/mol. The first-order chi connectivity index (χ1) is 10.2. The minimum atomic E-state index is -0.473. The number of rotatable bonds is 5. The Kier molecular flexibility index (Phi) is 5.51. The average Bonchev–Trinajstić information content (AvgIpc) is 3.01. The van der Waals surface area contributed by atoms with Gasteiger partial charge in [0.2, 0.25) is 5.91 Å². The molecular weight excluding hydrogens is 270 g/mol. The quantitative estimate of drug-likeness (QED) is 0.657. The Bertz CT molecular complexity index is 512. The van der Waals surface area contributed by atoms with Gasteiger partial charge in [-0.2, -0.15) is 0 Å². The van der Waals surface area contributed by atoms with Crippen LogP contribution in [0, 0.1) is 0 Å². The molecule has 1 aromatic carbocycles. The van der Waals surface area contributed by atoms with Crippen molar-refractivity contribution >= 4 is 11.9 Å². The zero-order valence-corrected chi connectivity index (χ0v) is 12.0. The Morgan fingerprint density at radius 3 is 2.86 bits per heavy atom. The fourth-order valence-electron chi connectivity index (χ4n) is 2.37. The van der Waals surface area contributed by atoms with Gasteiger partial charge in [-0.1, -0.05) is 36.4 Å². The molecule has 2 atom stereocenters. The number of amides is 1. The van der Waals surface area contributed by atoms with E-state index in [0.717, 1.165) is 12.0 Å². The van der Waals surface area contributed by atoms with Crippen molar-refractivity contribution in [3.8, 4) is 0 Å². The van der Waals surface area contributed by atoms with E-state index in [0.29, 0.717) is 6.61 Å². The Morgan fingerprint density at radius 2 is 2.14 bits per heavy atom. The molecule has 1 aliphatic rings. The van der Waals surface area contributed by atoms with E-state index >= 15 is 0 Å². The number of hydrogen-bond donors (Lipinski definition) is 1. The van der Waals surface area contributed by atoms with Gasteiger partial charge in [-0.3, -0.25) is 4.79 Å². The third-order valence-corrected chi connectivity index (χ3v) is 3.43. The zero-order valence-electron chi connectivity index (χ0n) is 12.0. The number of hydrogen-bond acceptors (Lipinski definition) is 4. The van der Waals surface area contributed by atoms with Gasteiger partial charge in [0.05, 0.1) is 7.11 Å². The standard InChI is InChI=1S/C16H19NO4/c1-20-14(18)8-5-10-17-16(19)15-13(9-11-21-15)12-6-3-2-4-7-12/h2-8,13,15H,9-11H2,1H3,(H,17,19)/b8-5+/t13-,15-/m1/s1. The summed E-state index contributed by atoms with van der Waals surface area (Å²) in [6.45, 7) is 0.852. The molecule has 1 heterocycles. The minimum Gasteiger partial charge on any atom is -0.466 e. The first-order valence-corrected chi connectivity index (χ1v) is 6.91. The molecule has 1 amide bonds. The van der Waals surface area contributed by atoms with Gasteiger partial charge < -0.3 is 14.8 Å². The van der Waals surface area contributed by atoms with Gasteiger partial charge in [-0.05, 0) is 12.0 Å². The van der Waals surface area contributed by atoms with Crippen molar-refractivity contribution in [3.63, 3.8) is 0 Å². The summed E-state index contributed by atoms with van der Waals surface area (Å²) in [7, 11) is 1.31. The highest BCUT2D eigenvalue weighted by atomic mass is 16.5. The van der Waals surface area contributed by atoms with E-state index in [-0.39, 0.29) is 18.4 Å². The van der Waals surface area contributed by atoms with Crippen LogP contribution in [0.1, 0.15) is 17.9 Å². The molecule has 2 rings (SSSR count). The van der Waals surface area contributed by atoms with E-state index in [1.807, 2.05) is 30.3 Å². The summed E-state index contributed by atoms with van der Waals surface area (Å²) in [4.78, 5) is 23.1. The lowest BCUT2D eigenvalue weighted by Gasteiger charge is -2.17. The number of methoxy groups -OCH3 is 1. The van der Waals surface area contributed by atoms with Gasteiger partial charge in [-0.25, -0.2) is 4.79 Å². The summed E-state index contributed by atoms with van der Waals surface area (Å²) < 4.78 is 10.0. The van der Waals surface area contributed by atoms with Crippen LogP contribution in [0.5, 0.6) is 0 Å². The summed E-state index contributed by atoms with van der Waals surface area (Å²) in [5.41, 5.74) is 1.11. The van der Waals surface area contributed by atoms with Crippen LogP contribution in [0.4, 0.5) is 0 Å². The molecule has 5 heteroatoms. The number of nitrogens with one attached hydrogen (secondary N) is 1. The first kappa shape index (κ1) is 15.3. The van der Waals surface area contributed by atoms with Crippen molar-refractivity contribution in [3.05, 3.63) is 48.0 Å². The minimum absolute atomic E-state index is 0.0794. The van der Waals surface area contributed by atoms with Crippen LogP contribution < -0.4 is 5.32 Å². The maximum absolute atomic E-state index is 12.2. The van der Waals surface area contributed by atoms with Crippen LogP contribution >= 0.6 is 0 Å². The lowest BCUT2D eigenvalue weighted by atomic mass is 9.92. The molecule has 0 saturated carbocycles. The van der Waals surface area contributed by atoms with Crippen molar-refractivity contribution < 1.29 is 19.1 Å². The number of benzene rings is 1. The molecule has 0 aromatic heterocycles. The molecule has 0 bridgehead atoms. The third kappa shape index (κ3) is 4.16. The Balaban J connectivity index is 1.89. The predicted molar refractivity (Wildman–Crippen MR) is 77.7 cm³/mol. The van der Waals surface area contributed by atoms with E-state index in [1.165, 1.54) is 13.2 Å². The number of carbonyl (C=O) groups is 2. The van der Waals surface area contributed by atoms with Gasteiger partial charge in [-0.15, -0.1) is 0 Å². The Morgan fingerprint density at radius 1 is 1.38 bits per heavy atom. The first-order valence-electron chi connectivity index (χ1n) is 6.91. The second kappa shape index (κ2) is 7.59. The molecule has 0 radical (unpaired) electrons. The van der Waals surface area contributed by atoms with Crippen molar-refractivity contribution in [1.82, 2.24) is 5.32 Å². The van der Waals surface area contributed by atoms with Crippen LogP contribution in [-0.2, 0) is 19.1 Å². The highest BCUT2D eigenvalue weighted by Crippen LogP contribution is 2.31. The highest BCUT2D eigenvalue weighted by molar-refractivity contribution is 5.83. The molecule has 5 nitrogen and oxygen atoms in total. The fourth-order valence-corrected chi connectivity index (χ4v) is 2.37. The lowest BCUT2D eigenvalue weighted by Crippen LogP contribution is -2.37. The van der Waals surface area contributed by atoms with E-state index in [1.54, 1.807) is 6.08 Å². The Hall–Kier alpha value is -2.14. The molecule has 1 aliphatic heterocycles. The Labute approximate surface area is 123 Å². The summed E-state index contributed by atoms with van der Waals surface area (Å²) in [5, 5.41) is 2.75. The monoisotopic (exact) mass is 289 g/mol. The molecule has 0 aliphatic carbocycles. The number of carbonyl (C=O) groups excluding carboxylic acids is 2. The molecule has 1 aromatic rings. The van der Waals surface area contributed by atoms with Crippen molar-refractivity contribution in [1.29, 1.82) is 0 Å². The van der Waals surface area contributed by atoms with Crippen LogP contribution in [0.15, 0.2) is 42.5 Å². The van der Waals surface area contributed by atoms with E-state index < -0.39 is 12.1 Å². The number of esters is 1. The van der Waals surface area contributed by atoms with Gasteiger partial charge in [0, 0.05) is 25.1 Å². The summed E-state index contributed by atoms with van der Waals surface area (Å²) in [6.07, 6.45) is 3.19. The predicted octanol–water partition coefficient (Wildman–Crippen LogP) is 1.40. The molecule has 1 saturated heterocycles. The van der Waals surface area contributed by atoms with Crippen molar-refractivity contribution in [2.75, 3.05) is 20.3 Å². The number of ether oxygens (including phenoxy) is 2. The van der Waals surface area contributed by atoms with Crippen molar-refractivity contribution in [2.45, 2.75) is 18.4 Å². The van der Waals surface area contributed by atoms with Gasteiger partial charge in [0.25, 0.3) is 0 Å².